The maximum Gasteiger partial charge on any atom is 0.136 e. The molecule has 1 heterocycles. The van der Waals surface area contributed by atoms with Gasteiger partial charge in [0.05, 0.1) is 0 Å². The van der Waals surface area contributed by atoms with E-state index in [1.165, 1.54) is 0 Å². The highest BCUT2D eigenvalue weighted by molar-refractivity contribution is 5.83. The molecule has 1 aliphatic rings. The summed E-state index contributed by atoms with van der Waals surface area (Å²) in [6.45, 7) is 6.54. The summed E-state index contributed by atoms with van der Waals surface area (Å²) in [6, 6.07) is 4.16. The van der Waals surface area contributed by atoms with Gasteiger partial charge in [-0.15, -0.1) is 0 Å². The van der Waals surface area contributed by atoms with E-state index in [4.69, 9.17) is 4.42 Å². The van der Waals surface area contributed by atoms with Crippen LogP contribution in [0.25, 0.3) is 0 Å². The van der Waals surface area contributed by atoms with Crippen molar-refractivity contribution >= 4 is 5.78 Å². The fourth-order valence-electron chi connectivity index (χ4n) is 3.17. The SMILES string of the molecule is CCCc1ccc(C(C(C)C)C2CCCC2=O)o1. The number of ketones is 1. The minimum Gasteiger partial charge on any atom is -0.466 e. The molecule has 2 nitrogen and oxygen atoms in total. The standard InChI is InChI=1S/C16H24O2/c1-4-6-12-9-10-15(18-12)16(11(2)3)13-7-5-8-14(13)17/h9-11,13,16H,4-8H2,1-3H3. The summed E-state index contributed by atoms with van der Waals surface area (Å²) >= 11 is 0. The van der Waals surface area contributed by atoms with E-state index in [0.29, 0.717) is 11.7 Å². The molecule has 1 aromatic rings. The minimum atomic E-state index is 0.186. The third kappa shape index (κ3) is 2.68. The molecule has 2 unspecified atom stereocenters. The highest BCUT2D eigenvalue weighted by Crippen LogP contribution is 2.40. The van der Waals surface area contributed by atoms with E-state index in [1.54, 1.807) is 0 Å². The molecule has 0 radical (unpaired) electrons. The van der Waals surface area contributed by atoms with Gasteiger partial charge in [0.1, 0.15) is 17.3 Å². The van der Waals surface area contributed by atoms with Crippen LogP contribution in [0.15, 0.2) is 16.5 Å². The molecule has 0 saturated heterocycles. The topological polar surface area (TPSA) is 30.2 Å². The Hall–Kier alpha value is -1.05. The van der Waals surface area contributed by atoms with E-state index >= 15 is 0 Å². The van der Waals surface area contributed by atoms with Crippen molar-refractivity contribution in [1.82, 2.24) is 0 Å². The normalized spacial score (nSPS) is 21.8. The maximum absolute atomic E-state index is 12.0. The van der Waals surface area contributed by atoms with Gasteiger partial charge in [-0.2, -0.15) is 0 Å². The third-order valence-electron chi connectivity index (χ3n) is 4.01. The maximum atomic E-state index is 12.0. The van der Waals surface area contributed by atoms with Gasteiger partial charge < -0.3 is 4.42 Å². The number of Topliss-reactive ketones (excluding diaryl/α,β-unsaturated/α-hetero) is 1. The fourth-order valence-corrected chi connectivity index (χ4v) is 3.17. The van der Waals surface area contributed by atoms with Gasteiger partial charge in [-0.1, -0.05) is 20.8 Å². The molecule has 0 amide bonds. The first-order chi connectivity index (χ1) is 8.63. The second-order valence-corrected chi connectivity index (χ2v) is 5.79. The monoisotopic (exact) mass is 248 g/mol. The number of hydrogen-bond acceptors (Lipinski definition) is 2. The Kier molecular flexibility index (Phi) is 4.26. The molecule has 100 valence electrons. The lowest BCUT2D eigenvalue weighted by molar-refractivity contribution is -0.121. The predicted molar refractivity (Wildman–Crippen MR) is 72.6 cm³/mol. The summed E-state index contributed by atoms with van der Waals surface area (Å²) < 4.78 is 5.96. The van der Waals surface area contributed by atoms with Gasteiger partial charge in [-0.05, 0) is 37.3 Å². The van der Waals surface area contributed by atoms with E-state index in [2.05, 4.69) is 32.9 Å². The van der Waals surface area contributed by atoms with Crippen LogP contribution in [-0.2, 0) is 11.2 Å². The Morgan fingerprint density at radius 2 is 2.17 bits per heavy atom. The number of carbonyl (C=O) groups excluding carboxylic acids is 1. The molecule has 1 fully saturated rings. The Morgan fingerprint density at radius 1 is 1.39 bits per heavy atom. The zero-order chi connectivity index (χ0) is 13.1. The molecule has 2 heteroatoms. The second-order valence-electron chi connectivity index (χ2n) is 5.79. The summed E-state index contributed by atoms with van der Waals surface area (Å²) in [5.74, 6) is 3.42. The van der Waals surface area contributed by atoms with E-state index in [1.807, 2.05) is 0 Å². The number of rotatable bonds is 5. The Bertz CT molecular complexity index is 403. The Morgan fingerprint density at radius 3 is 2.72 bits per heavy atom. The number of furan rings is 1. The first-order valence-electron chi connectivity index (χ1n) is 7.24. The average Bonchev–Trinajstić information content (AvgIpc) is 2.91. The third-order valence-corrected chi connectivity index (χ3v) is 4.01. The van der Waals surface area contributed by atoms with Crippen molar-refractivity contribution in [1.29, 1.82) is 0 Å². The van der Waals surface area contributed by atoms with Gasteiger partial charge in [0, 0.05) is 24.7 Å². The number of carbonyl (C=O) groups is 1. The van der Waals surface area contributed by atoms with Crippen LogP contribution in [0.1, 0.15) is 63.9 Å². The smallest absolute Gasteiger partial charge is 0.136 e. The summed E-state index contributed by atoms with van der Waals surface area (Å²) in [5, 5.41) is 0. The van der Waals surface area contributed by atoms with Crippen LogP contribution in [0, 0.1) is 11.8 Å². The summed E-state index contributed by atoms with van der Waals surface area (Å²) in [7, 11) is 0. The molecule has 0 aliphatic heterocycles. The predicted octanol–water partition coefficient (Wildman–Crippen LogP) is 4.34. The molecule has 1 saturated carbocycles. The molecular formula is C16H24O2. The Labute approximate surface area is 110 Å². The minimum absolute atomic E-state index is 0.186. The van der Waals surface area contributed by atoms with Gasteiger partial charge in [0.2, 0.25) is 0 Å². The lowest BCUT2D eigenvalue weighted by Crippen LogP contribution is -2.21. The van der Waals surface area contributed by atoms with Crippen LogP contribution in [0.3, 0.4) is 0 Å². The summed E-state index contributed by atoms with van der Waals surface area (Å²) in [6.07, 6.45) is 4.93. The van der Waals surface area contributed by atoms with Crippen molar-refractivity contribution in [2.75, 3.05) is 0 Å². The molecule has 0 bridgehead atoms. The van der Waals surface area contributed by atoms with Crippen molar-refractivity contribution in [3.8, 4) is 0 Å². The Balaban J connectivity index is 2.20. The number of aryl methyl sites for hydroxylation is 1. The van der Waals surface area contributed by atoms with Gasteiger partial charge in [-0.25, -0.2) is 0 Å². The van der Waals surface area contributed by atoms with Gasteiger partial charge in [0.15, 0.2) is 0 Å². The first-order valence-corrected chi connectivity index (χ1v) is 7.24. The van der Waals surface area contributed by atoms with Crippen LogP contribution >= 0.6 is 0 Å². The van der Waals surface area contributed by atoms with Crippen molar-refractivity contribution in [2.45, 2.75) is 58.8 Å². The van der Waals surface area contributed by atoms with E-state index < -0.39 is 0 Å². The zero-order valence-corrected chi connectivity index (χ0v) is 11.7. The molecule has 2 rings (SSSR count). The zero-order valence-electron chi connectivity index (χ0n) is 11.7. The van der Waals surface area contributed by atoms with Crippen LogP contribution in [0.5, 0.6) is 0 Å². The van der Waals surface area contributed by atoms with Gasteiger partial charge >= 0.3 is 0 Å². The summed E-state index contributed by atoms with van der Waals surface area (Å²) in [4.78, 5) is 12.0. The van der Waals surface area contributed by atoms with Crippen LogP contribution in [0.4, 0.5) is 0 Å². The highest BCUT2D eigenvalue weighted by Gasteiger charge is 2.36. The first kappa shape index (κ1) is 13.4. The lowest BCUT2D eigenvalue weighted by Gasteiger charge is -2.24. The molecule has 18 heavy (non-hydrogen) atoms. The lowest BCUT2D eigenvalue weighted by atomic mass is 9.80. The van der Waals surface area contributed by atoms with Gasteiger partial charge in [-0.3, -0.25) is 4.79 Å². The van der Waals surface area contributed by atoms with E-state index in [-0.39, 0.29) is 11.8 Å². The molecule has 0 N–H and O–H groups in total. The molecular weight excluding hydrogens is 224 g/mol. The fraction of sp³-hybridized carbons (Fsp3) is 0.688. The second kappa shape index (κ2) is 5.73. The van der Waals surface area contributed by atoms with Crippen LogP contribution in [-0.4, -0.2) is 5.78 Å². The van der Waals surface area contributed by atoms with Crippen molar-refractivity contribution in [3.63, 3.8) is 0 Å². The largest absolute Gasteiger partial charge is 0.466 e. The molecule has 1 aromatic heterocycles. The van der Waals surface area contributed by atoms with Crippen molar-refractivity contribution < 1.29 is 9.21 Å². The van der Waals surface area contributed by atoms with E-state index in [9.17, 15) is 4.79 Å². The highest BCUT2D eigenvalue weighted by atomic mass is 16.3. The molecule has 0 spiro atoms. The summed E-state index contributed by atoms with van der Waals surface area (Å²) in [5.41, 5.74) is 0. The number of hydrogen-bond donors (Lipinski definition) is 0. The molecule has 2 atom stereocenters. The molecule has 0 aromatic carbocycles. The van der Waals surface area contributed by atoms with Crippen molar-refractivity contribution in [2.24, 2.45) is 11.8 Å². The molecule has 1 aliphatic carbocycles. The van der Waals surface area contributed by atoms with Crippen LogP contribution in [0.2, 0.25) is 0 Å². The van der Waals surface area contributed by atoms with Crippen LogP contribution < -0.4 is 0 Å². The average molecular weight is 248 g/mol. The van der Waals surface area contributed by atoms with Crippen molar-refractivity contribution in [3.05, 3.63) is 23.7 Å². The van der Waals surface area contributed by atoms with E-state index in [0.717, 1.165) is 43.6 Å². The quantitative estimate of drug-likeness (QED) is 0.776. The van der Waals surface area contributed by atoms with Gasteiger partial charge in [0.25, 0.3) is 0 Å².